The zero-order valence-electron chi connectivity index (χ0n) is 15.8. The average Bonchev–Trinajstić information content (AvgIpc) is 3.04. The molecule has 27 heavy (non-hydrogen) atoms. The van der Waals surface area contributed by atoms with Crippen LogP contribution in [0, 0.1) is 6.92 Å². The van der Waals surface area contributed by atoms with E-state index in [9.17, 15) is 0 Å². The van der Waals surface area contributed by atoms with E-state index in [1.54, 1.807) is 18.2 Å². The van der Waals surface area contributed by atoms with Gasteiger partial charge < -0.3 is 14.6 Å². The molecule has 0 saturated carbocycles. The number of hydrogen-bond donors (Lipinski definition) is 1. The lowest BCUT2D eigenvalue weighted by molar-refractivity contribution is 0.298. The largest absolute Gasteiger partial charge is 0.489 e. The quantitative estimate of drug-likeness (QED) is 0.496. The first-order valence-corrected chi connectivity index (χ1v) is 9.52. The Hall–Kier alpha value is -2.17. The monoisotopic (exact) mass is 404 g/mol. The molecule has 1 heterocycles. The minimum absolute atomic E-state index is 0.152. The van der Waals surface area contributed by atoms with Crippen LogP contribution in [0.15, 0.2) is 40.9 Å². The van der Waals surface area contributed by atoms with Gasteiger partial charge in [-0.05, 0) is 42.8 Å². The maximum absolute atomic E-state index is 6.38. The van der Waals surface area contributed by atoms with Crippen LogP contribution in [0.25, 0.3) is 11.3 Å². The van der Waals surface area contributed by atoms with Crippen LogP contribution in [0.3, 0.4) is 0 Å². The highest BCUT2D eigenvalue weighted by Gasteiger charge is 2.23. The van der Waals surface area contributed by atoms with Crippen molar-refractivity contribution in [2.24, 2.45) is 0 Å². The Labute approximate surface area is 169 Å². The van der Waals surface area contributed by atoms with Crippen molar-refractivity contribution < 1.29 is 9.26 Å². The molecule has 142 valence electrons. The summed E-state index contributed by atoms with van der Waals surface area (Å²) in [5.74, 6) is 1.70. The van der Waals surface area contributed by atoms with Crippen molar-refractivity contribution in [1.29, 1.82) is 0 Å². The fraction of sp³-hybridized carbons (Fsp3) is 0.286. The molecule has 0 bridgehead atoms. The van der Waals surface area contributed by atoms with E-state index in [4.69, 9.17) is 32.5 Å². The van der Waals surface area contributed by atoms with Gasteiger partial charge in [-0.15, -0.1) is 0 Å². The van der Waals surface area contributed by atoms with Gasteiger partial charge in [0, 0.05) is 24.2 Å². The number of halogens is 2. The first-order valence-electron chi connectivity index (χ1n) is 8.76. The smallest absolute Gasteiger partial charge is 0.146 e. The van der Waals surface area contributed by atoms with Crippen molar-refractivity contribution in [1.82, 2.24) is 5.16 Å². The van der Waals surface area contributed by atoms with Crippen molar-refractivity contribution in [2.45, 2.75) is 33.3 Å². The van der Waals surface area contributed by atoms with E-state index in [1.807, 2.05) is 46.0 Å². The molecule has 0 saturated heterocycles. The molecule has 0 unspecified atom stereocenters. The summed E-state index contributed by atoms with van der Waals surface area (Å²) in [6.45, 7) is 6.44. The maximum atomic E-state index is 6.38. The Morgan fingerprint density at radius 1 is 1.15 bits per heavy atom. The molecule has 3 rings (SSSR count). The van der Waals surface area contributed by atoms with Gasteiger partial charge in [0.05, 0.1) is 15.6 Å². The van der Waals surface area contributed by atoms with Crippen LogP contribution in [0.5, 0.6) is 5.75 Å². The summed E-state index contributed by atoms with van der Waals surface area (Å²) < 4.78 is 11.7. The fourth-order valence-corrected chi connectivity index (χ4v) is 3.57. The number of hydrogen-bond acceptors (Lipinski definition) is 4. The predicted octanol–water partition coefficient (Wildman–Crippen LogP) is 6.70. The number of benzene rings is 2. The molecule has 0 aliphatic heterocycles. The molecule has 0 spiro atoms. The zero-order chi connectivity index (χ0) is 19.6. The second-order valence-corrected chi connectivity index (χ2v) is 7.46. The summed E-state index contributed by atoms with van der Waals surface area (Å²) in [6, 6.07) is 11.3. The lowest BCUT2D eigenvalue weighted by Crippen LogP contribution is -2.02. The number of nitrogens with zero attached hydrogens (tertiary/aromatic N) is 1. The van der Waals surface area contributed by atoms with Crippen LogP contribution in [0.2, 0.25) is 10.0 Å². The molecular weight excluding hydrogens is 383 g/mol. The average molecular weight is 405 g/mol. The van der Waals surface area contributed by atoms with Crippen molar-refractivity contribution in [3.63, 3.8) is 0 Å². The molecule has 0 fully saturated rings. The number of aryl methyl sites for hydroxylation is 1. The van der Waals surface area contributed by atoms with E-state index in [0.29, 0.717) is 27.9 Å². The highest BCUT2D eigenvalue weighted by Crippen LogP contribution is 2.38. The van der Waals surface area contributed by atoms with Gasteiger partial charge in [-0.1, -0.05) is 48.3 Å². The van der Waals surface area contributed by atoms with Crippen LogP contribution in [-0.4, -0.2) is 12.2 Å². The first-order chi connectivity index (χ1) is 12.9. The topological polar surface area (TPSA) is 47.3 Å². The van der Waals surface area contributed by atoms with E-state index in [2.05, 4.69) is 10.5 Å². The highest BCUT2D eigenvalue weighted by atomic mass is 35.5. The van der Waals surface area contributed by atoms with Crippen LogP contribution in [0.4, 0.5) is 5.69 Å². The van der Waals surface area contributed by atoms with Gasteiger partial charge >= 0.3 is 0 Å². The fourth-order valence-electron chi connectivity index (χ4n) is 3.00. The van der Waals surface area contributed by atoms with Crippen molar-refractivity contribution in [2.75, 3.05) is 12.4 Å². The number of anilines is 1. The third-order valence-electron chi connectivity index (χ3n) is 4.39. The molecule has 4 nitrogen and oxygen atoms in total. The van der Waals surface area contributed by atoms with Crippen molar-refractivity contribution >= 4 is 28.9 Å². The van der Waals surface area contributed by atoms with Gasteiger partial charge in [0.1, 0.15) is 23.8 Å². The summed E-state index contributed by atoms with van der Waals surface area (Å²) >= 11 is 12.8. The minimum Gasteiger partial charge on any atom is -0.489 e. The maximum Gasteiger partial charge on any atom is 0.146 e. The van der Waals surface area contributed by atoms with E-state index < -0.39 is 0 Å². The van der Waals surface area contributed by atoms with Crippen LogP contribution >= 0.6 is 23.2 Å². The lowest BCUT2D eigenvalue weighted by Gasteiger charge is -2.12. The molecule has 2 aromatic carbocycles. The third-order valence-corrected chi connectivity index (χ3v) is 5.02. The van der Waals surface area contributed by atoms with E-state index in [-0.39, 0.29) is 5.92 Å². The summed E-state index contributed by atoms with van der Waals surface area (Å²) in [6.07, 6.45) is 0. The van der Waals surface area contributed by atoms with Crippen LogP contribution in [-0.2, 0) is 6.61 Å². The third kappa shape index (κ3) is 4.07. The van der Waals surface area contributed by atoms with Crippen molar-refractivity contribution in [3.05, 3.63) is 63.3 Å². The van der Waals surface area contributed by atoms with Crippen LogP contribution < -0.4 is 10.1 Å². The second kappa shape index (κ2) is 8.24. The molecule has 0 aliphatic carbocycles. The Balaban J connectivity index is 1.97. The van der Waals surface area contributed by atoms with E-state index in [0.717, 1.165) is 28.3 Å². The van der Waals surface area contributed by atoms with Crippen molar-refractivity contribution in [3.8, 4) is 17.0 Å². The van der Waals surface area contributed by atoms with Gasteiger partial charge in [-0.25, -0.2) is 0 Å². The predicted molar refractivity (Wildman–Crippen MR) is 111 cm³/mol. The summed E-state index contributed by atoms with van der Waals surface area (Å²) in [7, 11) is 1.90. The highest BCUT2D eigenvalue weighted by molar-refractivity contribution is 6.39. The molecule has 0 radical (unpaired) electrons. The van der Waals surface area contributed by atoms with Gasteiger partial charge in [-0.3, -0.25) is 0 Å². The molecule has 1 N–H and O–H groups in total. The number of rotatable bonds is 6. The molecule has 0 amide bonds. The Morgan fingerprint density at radius 2 is 1.85 bits per heavy atom. The van der Waals surface area contributed by atoms with Crippen LogP contribution in [0.1, 0.15) is 36.7 Å². The second-order valence-electron chi connectivity index (χ2n) is 6.64. The van der Waals surface area contributed by atoms with E-state index in [1.165, 1.54) is 0 Å². The molecular formula is C21H22Cl2N2O2. The molecule has 6 heteroatoms. The lowest BCUT2D eigenvalue weighted by atomic mass is 10.0. The normalized spacial score (nSPS) is 11.1. The number of aromatic nitrogens is 1. The standard InChI is InChI=1S/C21H22Cl2N2O2/c1-12(2)21-15(11-26-14-8-9-18(24-4)13(3)10-14)20(25-27-21)19-16(22)6-5-7-17(19)23/h5-10,12,24H,11H2,1-4H3. The summed E-state index contributed by atoms with van der Waals surface area (Å²) in [5, 5.41) is 8.46. The molecule has 0 aliphatic rings. The van der Waals surface area contributed by atoms with Gasteiger partial charge in [-0.2, -0.15) is 0 Å². The van der Waals surface area contributed by atoms with Gasteiger partial charge in [0.25, 0.3) is 0 Å². The molecule has 1 aromatic heterocycles. The first kappa shape index (κ1) is 19.6. The summed E-state index contributed by atoms with van der Waals surface area (Å²) in [5.41, 5.74) is 4.32. The molecule has 0 atom stereocenters. The van der Waals surface area contributed by atoms with E-state index >= 15 is 0 Å². The zero-order valence-corrected chi connectivity index (χ0v) is 17.3. The minimum atomic E-state index is 0.152. The number of nitrogens with one attached hydrogen (secondary N) is 1. The van der Waals surface area contributed by atoms with Gasteiger partial charge in [0.2, 0.25) is 0 Å². The Morgan fingerprint density at radius 3 is 2.44 bits per heavy atom. The Kier molecular flexibility index (Phi) is 5.98. The molecule has 3 aromatic rings. The van der Waals surface area contributed by atoms with Gasteiger partial charge in [0.15, 0.2) is 0 Å². The Bertz CT molecular complexity index is 931. The summed E-state index contributed by atoms with van der Waals surface area (Å²) in [4.78, 5) is 0. The number of ether oxygens (including phenoxy) is 1. The SMILES string of the molecule is CNc1ccc(OCc2c(-c3c(Cl)cccc3Cl)noc2C(C)C)cc1C.